The van der Waals surface area contributed by atoms with Gasteiger partial charge in [0.05, 0.1) is 0 Å². The van der Waals surface area contributed by atoms with E-state index in [2.05, 4.69) is 24.5 Å². The zero-order chi connectivity index (χ0) is 23.2. The van der Waals surface area contributed by atoms with E-state index < -0.39 is 27.6 Å². The van der Waals surface area contributed by atoms with E-state index in [1.165, 1.54) is 0 Å². The summed E-state index contributed by atoms with van der Waals surface area (Å²) in [5.74, 6) is 0.541. The van der Waals surface area contributed by atoms with Crippen LogP contribution in [0.1, 0.15) is 69.3 Å². The second kappa shape index (κ2) is 5.29. The number of amides is 2. The number of ether oxygens (including phenoxy) is 1. The van der Waals surface area contributed by atoms with Crippen LogP contribution in [0.5, 0.6) is 5.75 Å². The molecule has 172 valence electrons. The third kappa shape index (κ3) is 1.95. The van der Waals surface area contributed by atoms with Gasteiger partial charge in [-0.15, -0.1) is 0 Å². The summed E-state index contributed by atoms with van der Waals surface area (Å²) in [6.45, 7) is 8.79. The first kappa shape index (κ1) is 19.6. The zero-order valence-electron chi connectivity index (χ0n) is 19.5. The van der Waals surface area contributed by atoms with Gasteiger partial charge in [-0.25, -0.2) is 0 Å². The fourth-order valence-corrected chi connectivity index (χ4v) is 7.94. The Hall–Kier alpha value is -2.83. The molecule has 1 aromatic rings. The molecule has 2 bridgehead atoms. The Balaban J connectivity index is 1.36. The zero-order valence-corrected chi connectivity index (χ0v) is 19.5. The van der Waals surface area contributed by atoms with Crippen LogP contribution in [0, 0.1) is 11.3 Å². The first-order valence-corrected chi connectivity index (χ1v) is 12.0. The normalized spacial score (nSPS) is 40.2. The quantitative estimate of drug-likeness (QED) is 0.639. The molecule has 1 aliphatic carbocycles. The maximum absolute atomic E-state index is 14.2. The van der Waals surface area contributed by atoms with Crippen molar-refractivity contribution in [2.75, 3.05) is 11.9 Å². The van der Waals surface area contributed by atoms with E-state index >= 15 is 0 Å². The van der Waals surface area contributed by atoms with Gasteiger partial charge < -0.3 is 20.3 Å². The van der Waals surface area contributed by atoms with Gasteiger partial charge in [0.1, 0.15) is 28.0 Å². The first-order valence-electron chi connectivity index (χ1n) is 12.0. The first-order chi connectivity index (χ1) is 15.5. The average molecular weight is 448 g/mol. The number of piperidine rings is 2. The second-order valence-electron chi connectivity index (χ2n) is 12.0. The highest BCUT2D eigenvalue weighted by atomic mass is 16.5. The molecule has 1 aromatic carbocycles. The van der Waals surface area contributed by atoms with Gasteiger partial charge in [-0.2, -0.15) is 0 Å². The summed E-state index contributed by atoms with van der Waals surface area (Å²) in [5.41, 5.74) is -1.39. The Kier molecular flexibility index (Phi) is 3.14. The minimum absolute atomic E-state index is 0.00123. The molecule has 1 saturated carbocycles. The lowest BCUT2D eigenvalue weighted by Gasteiger charge is -2.58. The Morgan fingerprint density at radius 3 is 2.67 bits per heavy atom. The number of rotatable bonds is 0. The van der Waals surface area contributed by atoms with Gasteiger partial charge in [0.15, 0.2) is 5.78 Å². The van der Waals surface area contributed by atoms with Crippen molar-refractivity contribution in [3.63, 3.8) is 0 Å². The van der Waals surface area contributed by atoms with Crippen LogP contribution < -0.4 is 15.4 Å². The highest BCUT2D eigenvalue weighted by Gasteiger charge is 2.80. The molecule has 3 spiro atoms. The van der Waals surface area contributed by atoms with E-state index in [0.717, 1.165) is 17.7 Å². The Bertz CT molecular complexity index is 1230. The molecule has 8 rings (SSSR count). The molecule has 7 heteroatoms. The summed E-state index contributed by atoms with van der Waals surface area (Å²) in [4.78, 5) is 43.1. The molecule has 0 aromatic heterocycles. The number of hydrogen-bond donors (Lipinski definition) is 2. The SMILES string of the molecule is CC1(C)C=Cc2cc3c(cc2O1)C(=O)[C@@]1(C[C@@]24NC(=O)[C@]5(CCCN5C2=O)C[C@H]4C1(C)C)N3. The molecule has 6 aliphatic heterocycles. The summed E-state index contributed by atoms with van der Waals surface area (Å²) < 4.78 is 6.13. The van der Waals surface area contributed by atoms with Crippen LogP contribution in [0.3, 0.4) is 0 Å². The van der Waals surface area contributed by atoms with Crippen molar-refractivity contribution in [3.8, 4) is 5.75 Å². The van der Waals surface area contributed by atoms with Crippen LogP contribution in [-0.2, 0) is 9.59 Å². The topological polar surface area (TPSA) is 87.7 Å². The van der Waals surface area contributed by atoms with Crippen molar-refractivity contribution in [2.45, 2.75) is 75.6 Å². The average Bonchev–Trinajstić information content (AvgIpc) is 3.34. The van der Waals surface area contributed by atoms with Crippen molar-refractivity contribution < 1.29 is 19.1 Å². The van der Waals surface area contributed by atoms with E-state index in [4.69, 9.17) is 4.74 Å². The summed E-state index contributed by atoms with van der Waals surface area (Å²) in [7, 11) is 0. The molecule has 4 atom stereocenters. The summed E-state index contributed by atoms with van der Waals surface area (Å²) in [6, 6.07) is 3.83. The third-order valence-electron chi connectivity index (χ3n) is 9.69. The van der Waals surface area contributed by atoms with Gasteiger partial charge in [-0.05, 0) is 51.3 Å². The summed E-state index contributed by atoms with van der Waals surface area (Å²) in [5, 5.41) is 6.76. The second-order valence-corrected chi connectivity index (χ2v) is 12.0. The van der Waals surface area contributed by atoms with E-state index in [-0.39, 0.29) is 29.9 Å². The molecular formula is C26H29N3O4. The fourth-order valence-electron chi connectivity index (χ4n) is 7.94. The molecule has 0 unspecified atom stereocenters. The number of ketones is 1. The molecule has 6 heterocycles. The molecule has 33 heavy (non-hydrogen) atoms. The van der Waals surface area contributed by atoms with Crippen molar-refractivity contribution in [1.82, 2.24) is 10.2 Å². The lowest BCUT2D eigenvalue weighted by atomic mass is 9.59. The number of fused-ring (bicyclic) bond motifs is 3. The molecular weight excluding hydrogens is 418 g/mol. The van der Waals surface area contributed by atoms with Crippen LogP contribution in [0.2, 0.25) is 0 Å². The van der Waals surface area contributed by atoms with Gasteiger partial charge in [-0.1, -0.05) is 19.9 Å². The van der Waals surface area contributed by atoms with E-state index in [0.29, 0.717) is 30.7 Å². The maximum atomic E-state index is 14.2. The Morgan fingerprint density at radius 1 is 1.09 bits per heavy atom. The molecule has 2 amide bonds. The number of carbonyl (C=O) groups excluding carboxylic acids is 3. The lowest BCUT2D eigenvalue weighted by molar-refractivity contribution is -0.175. The van der Waals surface area contributed by atoms with Crippen LogP contribution >= 0.6 is 0 Å². The standard InChI is InChI=1S/C26H29N3O4/c1-22(2)8-6-14-10-16-15(11-17(14)33-22)19(30)26(27-16)13-25-18(23(26,3)4)12-24(20(31)28-25)7-5-9-29(24)21(25)32/h6,8,10-11,18,27H,5,7,9,12-13H2,1-4H3,(H,28,31)/t18-,24-,25-,26+/m0/s1. The van der Waals surface area contributed by atoms with Crippen molar-refractivity contribution in [3.05, 3.63) is 29.3 Å². The highest BCUT2D eigenvalue weighted by molar-refractivity contribution is 6.17. The maximum Gasteiger partial charge on any atom is 0.249 e. The molecule has 5 fully saturated rings. The van der Waals surface area contributed by atoms with Crippen LogP contribution in [0.25, 0.3) is 6.08 Å². The van der Waals surface area contributed by atoms with Crippen LogP contribution in [-0.4, -0.2) is 51.3 Å². The fraction of sp³-hybridized carbons (Fsp3) is 0.577. The molecule has 7 aliphatic rings. The number of piperazine rings is 1. The minimum atomic E-state index is -1.03. The molecule has 4 saturated heterocycles. The molecule has 2 N–H and O–H groups in total. The van der Waals surface area contributed by atoms with Gasteiger partial charge in [-0.3, -0.25) is 14.4 Å². The summed E-state index contributed by atoms with van der Waals surface area (Å²) in [6.07, 6.45) is 6.50. The van der Waals surface area contributed by atoms with Gasteiger partial charge >= 0.3 is 0 Å². The monoisotopic (exact) mass is 447 g/mol. The van der Waals surface area contributed by atoms with Crippen molar-refractivity contribution >= 4 is 29.4 Å². The predicted molar refractivity (Wildman–Crippen MR) is 122 cm³/mol. The minimum Gasteiger partial charge on any atom is -0.483 e. The molecule has 0 radical (unpaired) electrons. The van der Waals surface area contributed by atoms with E-state index in [9.17, 15) is 14.4 Å². The van der Waals surface area contributed by atoms with Gasteiger partial charge in [0.2, 0.25) is 11.8 Å². The third-order valence-corrected chi connectivity index (χ3v) is 9.69. The molecule has 7 nitrogen and oxygen atoms in total. The van der Waals surface area contributed by atoms with E-state index in [1.54, 1.807) is 0 Å². The van der Waals surface area contributed by atoms with Crippen molar-refractivity contribution in [2.24, 2.45) is 11.3 Å². The number of hydrogen-bond acceptors (Lipinski definition) is 5. The van der Waals surface area contributed by atoms with Gasteiger partial charge in [0, 0.05) is 41.1 Å². The number of carbonyl (C=O) groups is 3. The Morgan fingerprint density at radius 2 is 1.88 bits per heavy atom. The van der Waals surface area contributed by atoms with Crippen molar-refractivity contribution in [1.29, 1.82) is 0 Å². The number of anilines is 1. The smallest absolute Gasteiger partial charge is 0.249 e. The van der Waals surface area contributed by atoms with Crippen LogP contribution in [0.15, 0.2) is 18.2 Å². The number of nitrogens with one attached hydrogen (secondary N) is 2. The predicted octanol–water partition coefficient (Wildman–Crippen LogP) is 2.90. The van der Waals surface area contributed by atoms with Crippen LogP contribution in [0.4, 0.5) is 5.69 Å². The number of nitrogens with zero attached hydrogens (tertiary/aromatic N) is 1. The lowest BCUT2D eigenvalue weighted by Crippen LogP contribution is -2.81. The van der Waals surface area contributed by atoms with E-state index in [1.807, 2.05) is 43.0 Å². The summed E-state index contributed by atoms with van der Waals surface area (Å²) >= 11 is 0. The number of Topliss-reactive ketones (excluding diaryl/α,β-unsaturated/α-hetero) is 1. The Labute approximate surface area is 192 Å². The highest BCUT2D eigenvalue weighted by Crippen LogP contribution is 2.67. The largest absolute Gasteiger partial charge is 0.483 e. The number of benzene rings is 1. The van der Waals surface area contributed by atoms with Gasteiger partial charge in [0.25, 0.3) is 0 Å².